The lowest BCUT2D eigenvalue weighted by molar-refractivity contribution is -0.185. The minimum atomic E-state index is -0.501. The van der Waals surface area contributed by atoms with Crippen molar-refractivity contribution in [3.05, 3.63) is 23.3 Å². The maximum atomic E-state index is 14.6. The van der Waals surface area contributed by atoms with Crippen LogP contribution in [-0.2, 0) is 19.1 Å². The predicted molar refractivity (Wildman–Crippen MR) is 152 cm³/mol. The van der Waals surface area contributed by atoms with Crippen LogP contribution in [0.3, 0.4) is 0 Å². The van der Waals surface area contributed by atoms with Crippen molar-refractivity contribution in [2.75, 3.05) is 26.3 Å². The molecule has 4 fully saturated rings. The van der Waals surface area contributed by atoms with Crippen LogP contribution >= 0.6 is 0 Å². The first-order valence-corrected chi connectivity index (χ1v) is 15.5. The van der Waals surface area contributed by atoms with Gasteiger partial charge in [-0.2, -0.15) is 5.26 Å². The van der Waals surface area contributed by atoms with Crippen LogP contribution in [0, 0.1) is 62.1 Å². The number of hydrogen-bond acceptors (Lipinski definition) is 5. The fourth-order valence-corrected chi connectivity index (χ4v) is 10.7. The molecule has 1 aliphatic heterocycles. The number of ketones is 2. The molecule has 6 heteroatoms. The first-order chi connectivity index (χ1) is 18.7. The molecule has 0 aromatic heterocycles. The Labute approximate surface area is 239 Å². The van der Waals surface area contributed by atoms with Crippen molar-refractivity contribution in [3.63, 3.8) is 0 Å². The van der Waals surface area contributed by atoms with Crippen molar-refractivity contribution < 1.29 is 19.1 Å². The molecule has 1 heterocycles. The summed E-state index contributed by atoms with van der Waals surface area (Å²) in [5, 5.41) is 9.83. The maximum Gasteiger partial charge on any atom is 0.229 e. The summed E-state index contributed by atoms with van der Waals surface area (Å²) in [6, 6.07) is 2.17. The normalized spacial score (nSPS) is 46.1. The average molecular weight is 547 g/mol. The molecule has 3 saturated carbocycles. The molecule has 6 rings (SSSR count). The fourth-order valence-electron chi connectivity index (χ4n) is 10.7. The highest BCUT2D eigenvalue weighted by molar-refractivity contribution is 6.02. The van der Waals surface area contributed by atoms with Gasteiger partial charge in [-0.3, -0.25) is 14.4 Å². The van der Waals surface area contributed by atoms with E-state index in [1.165, 1.54) is 0 Å². The quantitative estimate of drug-likeness (QED) is 0.423. The molecule has 40 heavy (non-hydrogen) atoms. The summed E-state index contributed by atoms with van der Waals surface area (Å²) in [5.74, 6) is 0.00665. The molecule has 1 amide bonds. The number of Topliss-reactive ketones (excluding diaryl/α,β-unsaturated/α-hetero) is 1. The van der Waals surface area contributed by atoms with Crippen molar-refractivity contribution in [2.45, 2.75) is 86.5 Å². The second-order valence-corrected chi connectivity index (χ2v) is 15.5. The highest BCUT2D eigenvalue weighted by Gasteiger charge is 2.70. The summed E-state index contributed by atoms with van der Waals surface area (Å²) in [5.41, 5.74) is -0.0906. The number of fused-ring (bicyclic) bond motifs is 7. The lowest BCUT2D eigenvalue weighted by Gasteiger charge is -2.68. The summed E-state index contributed by atoms with van der Waals surface area (Å²) in [6.07, 6.45) is 10.1. The first kappa shape index (κ1) is 27.9. The molecule has 0 radical (unpaired) electrons. The Kier molecular flexibility index (Phi) is 6.18. The Morgan fingerprint density at radius 1 is 1.00 bits per heavy atom. The lowest BCUT2D eigenvalue weighted by atomic mass is 9.34. The van der Waals surface area contributed by atoms with Crippen LogP contribution < -0.4 is 0 Å². The van der Waals surface area contributed by atoms with Gasteiger partial charge in [-0.15, -0.1) is 0 Å². The number of rotatable bonds is 1. The van der Waals surface area contributed by atoms with Crippen LogP contribution in [0.5, 0.6) is 0 Å². The van der Waals surface area contributed by atoms with E-state index >= 15 is 0 Å². The minimum absolute atomic E-state index is 0.00932. The van der Waals surface area contributed by atoms with Gasteiger partial charge in [-0.25, -0.2) is 0 Å². The Morgan fingerprint density at radius 2 is 1.68 bits per heavy atom. The van der Waals surface area contributed by atoms with Crippen LogP contribution in [0.15, 0.2) is 23.3 Å². The van der Waals surface area contributed by atoms with E-state index in [2.05, 4.69) is 40.7 Å². The van der Waals surface area contributed by atoms with Crippen molar-refractivity contribution in [1.29, 1.82) is 5.26 Å². The molecule has 6 nitrogen and oxygen atoms in total. The van der Waals surface area contributed by atoms with Gasteiger partial charge in [0.05, 0.1) is 24.2 Å². The number of allylic oxidation sites excluding steroid dienone is 4. The number of amides is 1. The molecule has 0 N–H and O–H groups in total. The van der Waals surface area contributed by atoms with E-state index in [0.29, 0.717) is 26.3 Å². The zero-order chi connectivity index (χ0) is 28.9. The van der Waals surface area contributed by atoms with E-state index in [1.54, 1.807) is 0 Å². The third-order valence-electron chi connectivity index (χ3n) is 13.2. The fraction of sp³-hybridized carbons (Fsp3) is 0.765. The minimum Gasteiger partial charge on any atom is -0.378 e. The zero-order valence-electron chi connectivity index (χ0n) is 25.3. The monoisotopic (exact) mass is 546 g/mol. The van der Waals surface area contributed by atoms with E-state index in [4.69, 9.17) is 4.74 Å². The van der Waals surface area contributed by atoms with E-state index < -0.39 is 10.8 Å². The van der Waals surface area contributed by atoms with Gasteiger partial charge in [-0.1, -0.05) is 53.2 Å². The van der Waals surface area contributed by atoms with Gasteiger partial charge < -0.3 is 9.64 Å². The van der Waals surface area contributed by atoms with Crippen LogP contribution in [0.2, 0.25) is 0 Å². The van der Waals surface area contributed by atoms with Crippen LogP contribution in [0.4, 0.5) is 0 Å². The summed E-state index contributed by atoms with van der Waals surface area (Å²) >= 11 is 0. The molecule has 0 bridgehead atoms. The third-order valence-corrected chi connectivity index (χ3v) is 13.2. The second-order valence-electron chi connectivity index (χ2n) is 15.5. The van der Waals surface area contributed by atoms with Gasteiger partial charge in [0.1, 0.15) is 6.07 Å². The van der Waals surface area contributed by atoms with Crippen LogP contribution in [0.1, 0.15) is 86.5 Å². The number of hydrogen-bond donors (Lipinski definition) is 0. The Morgan fingerprint density at radius 3 is 2.35 bits per heavy atom. The van der Waals surface area contributed by atoms with E-state index in [-0.39, 0.29) is 63.0 Å². The number of carbonyl (C=O) groups excluding carboxylic acids is 3. The number of nitriles is 1. The Bertz CT molecular complexity index is 1270. The molecular weight excluding hydrogens is 500 g/mol. The summed E-state index contributed by atoms with van der Waals surface area (Å²) in [4.78, 5) is 44.0. The van der Waals surface area contributed by atoms with Gasteiger partial charge in [0.15, 0.2) is 11.6 Å². The van der Waals surface area contributed by atoms with Crippen LogP contribution in [0.25, 0.3) is 0 Å². The second kappa shape index (κ2) is 8.87. The number of ether oxygens (including phenoxy) is 1. The van der Waals surface area contributed by atoms with E-state index in [1.807, 2.05) is 24.0 Å². The van der Waals surface area contributed by atoms with E-state index in [0.717, 1.165) is 50.5 Å². The summed E-state index contributed by atoms with van der Waals surface area (Å²) in [6.45, 7) is 15.9. The van der Waals surface area contributed by atoms with Gasteiger partial charge in [-0.05, 0) is 79.1 Å². The van der Waals surface area contributed by atoms with Gasteiger partial charge in [0.2, 0.25) is 5.91 Å². The molecule has 1 saturated heterocycles. The number of morpholine rings is 1. The van der Waals surface area contributed by atoms with Gasteiger partial charge in [0, 0.05) is 30.3 Å². The van der Waals surface area contributed by atoms with Crippen LogP contribution in [-0.4, -0.2) is 48.7 Å². The molecule has 6 aliphatic rings. The molecule has 0 spiro atoms. The lowest BCUT2D eigenvalue weighted by Crippen LogP contribution is -2.66. The van der Waals surface area contributed by atoms with Crippen molar-refractivity contribution in [3.8, 4) is 6.07 Å². The largest absolute Gasteiger partial charge is 0.378 e. The molecule has 5 aliphatic carbocycles. The van der Waals surface area contributed by atoms with Crippen molar-refractivity contribution >= 4 is 17.5 Å². The highest BCUT2D eigenvalue weighted by atomic mass is 16.5. The predicted octanol–water partition coefficient (Wildman–Crippen LogP) is 5.67. The molecular formula is C34H46N2O4. The molecule has 0 aromatic carbocycles. The smallest absolute Gasteiger partial charge is 0.229 e. The van der Waals surface area contributed by atoms with Gasteiger partial charge in [0.25, 0.3) is 0 Å². The summed E-state index contributed by atoms with van der Waals surface area (Å²) < 4.78 is 5.58. The molecule has 216 valence electrons. The van der Waals surface area contributed by atoms with Crippen molar-refractivity contribution in [2.24, 2.45) is 50.7 Å². The molecule has 3 unspecified atom stereocenters. The molecule has 8 atom stereocenters. The topological polar surface area (TPSA) is 87.5 Å². The maximum absolute atomic E-state index is 14.6. The van der Waals surface area contributed by atoms with Crippen molar-refractivity contribution in [1.82, 2.24) is 4.90 Å². The van der Waals surface area contributed by atoms with E-state index in [9.17, 15) is 19.6 Å². The molecule has 0 aromatic rings. The SMILES string of the molecule is C[C@@H]1C(=O)C(C#N)=C[C@]2(C)C3=CC(=O)C4C5CC(C)(C)CC[C@]5(C(=O)N5CCOCC5)CC[C@@]4(C)[C@]3(C)CCC12. The average Bonchev–Trinajstić information content (AvgIpc) is 2.92. The Balaban J connectivity index is 1.48. The summed E-state index contributed by atoms with van der Waals surface area (Å²) in [7, 11) is 0. The Hall–Kier alpha value is -2.26. The van der Waals surface area contributed by atoms with Gasteiger partial charge >= 0.3 is 0 Å². The third kappa shape index (κ3) is 3.52. The standard InChI is InChI=1S/C34H46N2O4/c1-21-23-7-8-32(5)26(31(23,4)18-22(20-35)28(21)38)17-25(37)27-24-19-30(2,3)9-11-34(24,12-10-33(27,32)6)29(39)36-13-15-40-16-14-36/h17-18,21,23-24,27H,7-16,19H2,1-6H3/t21-,23?,24?,27?,31-,32+,33+,34-/m0/s1. The zero-order valence-corrected chi connectivity index (χ0v) is 25.3. The highest BCUT2D eigenvalue weighted by Crippen LogP contribution is 2.74. The number of carbonyl (C=O) groups is 3. The number of nitrogens with zero attached hydrogens (tertiary/aromatic N) is 2. The first-order valence-electron chi connectivity index (χ1n) is 15.5.